The largest absolute Gasteiger partial charge is 0.381 e. The molecule has 0 atom stereocenters. The molecule has 0 saturated carbocycles. The molecule has 4 aromatic heterocycles. The lowest BCUT2D eigenvalue weighted by atomic mass is 10.1. The van der Waals surface area contributed by atoms with Crippen LogP contribution in [-0.2, 0) is 4.74 Å². The molecule has 120 valence electrons. The second kappa shape index (κ2) is 5.27. The molecule has 0 aliphatic carbocycles. The van der Waals surface area contributed by atoms with Crippen molar-refractivity contribution in [3.05, 3.63) is 43.0 Å². The smallest absolute Gasteiger partial charge is 0.241 e. The highest BCUT2D eigenvalue weighted by Gasteiger charge is 2.18. The fourth-order valence-electron chi connectivity index (χ4n) is 2.79. The van der Waals surface area contributed by atoms with Crippen molar-refractivity contribution in [3.63, 3.8) is 0 Å². The SMILES string of the molecule is c1cn2nc(-c3ccn4nc(NCC5COC5)ncc34)ccc2n1. The third-order valence-electron chi connectivity index (χ3n) is 4.20. The van der Waals surface area contributed by atoms with E-state index in [1.807, 2.05) is 41.3 Å². The van der Waals surface area contributed by atoms with Gasteiger partial charge in [0.25, 0.3) is 0 Å². The molecule has 1 fully saturated rings. The molecular formula is C16H15N7O. The van der Waals surface area contributed by atoms with Gasteiger partial charge in [-0.3, -0.25) is 0 Å². The molecule has 0 bridgehead atoms. The number of aromatic nitrogens is 6. The quantitative estimate of drug-likeness (QED) is 0.613. The second-order valence-electron chi connectivity index (χ2n) is 5.87. The monoisotopic (exact) mass is 321 g/mol. The van der Waals surface area contributed by atoms with E-state index in [-0.39, 0.29) is 0 Å². The van der Waals surface area contributed by atoms with E-state index < -0.39 is 0 Å². The Balaban J connectivity index is 1.47. The Morgan fingerprint density at radius 1 is 1.08 bits per heavy atom. The zero-order valence-corrected chi connectivity index (χ0v) is 12.8. The Morgan fingerprint density at radius 3 is 2.92 bits per heavy atom. The second-order valence-corrected chi connectivity index (χ2v) is 5.87. The van der Waals surface area contributed by atoms with E-state index in [0.29, 0.717) is 11.9 Å². The number of nitrogens with zero attached hydrogens (tertiary/aromatic N) is 6. The molecule has 0 aromatic carbocycles. The predicted octanol–water partition coefficient (Wildman–Crippen LogP) is 1.50. The maximum absolute atomic E-state index is 5.17. The van der Waals surface area contributed by atoms with E-state index in [1.54, 1.807) is 10.7 Å². The first-order valence-electron chi connectivity index (χ1n) is 7.83. The third kappa shape index (κ3) is 2.19. The molecule has 0 unspecified atom stereocenters. The number of anilines is 1. The molecule has 4 aromatic rings. The van der Waals surface area contributed by atoms with Crippen LogP contribution in [0.25, 0.3) is 22.4 Å². The highest BCUT2D eigenvalue weighted by molar-refractivity contribution is 5.78. The summed E-state index contributed by atoms with van der Waals surface area (Å²) in [5, 5.41) is 12.4. The molecule has 1 saturated heterocycles. The van der Waals surface area contributed by atoms with Gasteiger partial charge in [-0.1, -0.05) is 0 Å². The lowest BCUT2D eigenvalue weighted by Gasteiger charge is -2.25. The van der Waals surface area contributed by atoms with Crippen LogP contribution in [-0.4, -0.2) is 49.0 Å². The first-order valence-corrected chi connectivity index (χ1v) is 7.83. The van der Waals surface area contributed by atoms with Crippen molar-refractivity contribution in [1.29, 1.82) is 0 Å². The number of rotatable bonds is 4. The number of hydrogen-bond donors (Lipinski definition) is 1. The Hall–Kier alpha value is -3.00. The maximum atomic E-state index is 5.17. The lowest BCUT2D eigenvalue weighted by Crippen LogP contribution is -2.33. The summed E-state index contributed by atoms with van der Waals surface area (Å²) in [6.45, 7) is 2.45. The van der Waals surface area contributed by atoms with Gasteiger partial charge in [-0.25, -0.2) is 19.0 Å². The van der Waals surface area contributed by atoms with Gasteiger partial charge in [0, 0.05) is 36.6 Å². The Labute approximate surface area is 137 Å². The Kier molecular flexibility index (Phi) is 2.95. The first-order chi connectivity index (χ1) is 11.9. The van der Waals surface area contributed by atoms with Crippen LogP contribution in [0.4, 0.5) is 5.95 Å². The number of nitrogens with one attached hydrogen (secondary N) is 1. The normalized spacial score (nSPS) is 15.0. The standard InChI is InChI=1S/C16H15N7O/c1-2-15-17-4-6-23(15)20-13(1)12-3-5-22-14(12)8-19-16(21-22)18-7-11-9-24-10-11/h1-6,8,11H,7,9-10H2,(H,18,21). The average molecular weight is 321 g/mol. The molecule has 0 amide bonds. The van der Waals surface area contributed by atoms with Gasteiger partial charge in [0.15, 0.2) is 5.65 Å². The number of imidazole rings is 1. The van der Waals surface area contributed by atoms with Crippen LogP contribution in [0.5, 0.6) is 0 Å². The Bertz CT molecular complexity index is 1020. The van der Waals surface area contributed by atoms with Crippen molar-refractivity contribution < 1.29 is 4.74 Å². The van der Waals surface area contributed by atoms with Crippen molar-refractivity contribution in [2.45, 2.75) is 0 Å². The molecule has 8 heteroatoms. The summed E-state index contributed by atoms with van der Waals surface area (Å²) >= 11 is 0. The van der Waals surface area contributed by atoms with E-state index in [9.17, 15) is 0 Å². The van der Waals surface area contributed by atoms with Crippen LogP contribution in [0.3, 0.4) is 0 Å². The number of fused-ring (bicyclic) bond motifs is 2. The number of hydrogen-bond acceptors (Lipinski definition) is 6. The molecule has 5 rings (SSSR count). The Morgan fingerprint density at radius 2 is 2.04 bits per heavy atom. The third-order valence-corrected chi connectivity index (χ3v) is 4.20. The predicted molar refractivity (Wildman–Crippen MR) is 87.8 cm³/mol. The zero-order valence-electron chi connectivity index (χ0n) is 12.8. The minimum atomic E-state index is 0.552. The van der Waals surface area contributed by atoms with E-state index in [0.717, 1.165) is 42.2 Å². The van der Waals surface area contributed by atoms with Gasteiger partial charge in [-0.2, -0.15) is 5.10 Å². The molecule has 5 heterocycles. The summed E-state index contributed by atoms with van der Waals surface area (Å²) < 4.78 is 8.75. The summed E-state index contributed by atoms with van der Waals surface area (Å²) in [6.07, 6.45) is 7.31. The van der Waals surface area contributed by atoms with E-state index in [4.69, 9.17) is 4.74 Å². The molecular weight excluding hydrogens is 306 g/mol. The number of ether oxygens (including phenoxy) is 1. The first kappa shape index (κ1) is 13.4. The summed E-state index contributed by atoms with van der Waals surface area (Å²) in [6, 6.07) is 5.91. The van der Waals surface area contributed by atoms with Gasteiger partial charge in [-0.05, 0) is 18.2 Å². The van der Waals surface area contributed by atoms with Crippen LogP contribution < -0.4 is 5.32 Å². The molecule has 0 radical (unpaired) electrons. The summed E-state index contributed by atoms with van der Waals surface area (Å²) in [5.41, 5.74) is 3.59. The van der Waals surface area contributed by atoms with Crippen molar-refractivity contribution in [1.82, 2.24) is 29.2 Å². The molecule has 8 nitrogen and oxygen atoms in total. The highest BCUT2D eigenvalue weighted by Crippen LogP contribution is 2.23. The van der Waals surface area contributed by atoms with Gasteiger partial charge in [0.1, 0.15) is 0 Å². The average Bonchev–Trinajstić information content (AvgIpc) is 3.18. The fraction of sp³-hybridized carbons (Fsp3) is 0.250. The summed E-state index contributed by atoms with van der Waals surface area (Å²) in [7, 11) is 0. The van der Waals surface area contributed by atoms with Crippen LogP contribution in [0.2, 0.25) is 0 Å². The van der Waals surface area contributed by atoms with Crippen molar-refractivity contribution in [2.75, 3.05) is 25.1 Å². The van der Waals surface area contributed by atoms with E-state index >= 15 is 0 Å². The van der Waals surface area contributed by atoms with Crippen molar-refractivity contribution in [3.8, 4) is 11.3 Å². The van der Waals surface area contributed by atoms with Crippen LogP contribution in [0, 0.1) is 5.92 Å². The van der Waals surface area contributed by atoms with Gasteiger partial charge in [-0.15, -0.1) is 5.10 Å². The molecule has 24 heavy (non-hydrogen) atoms. The van der Waals surface area contributed by atoms with Crippen molar-refractivity contribution in [2.24, 2.45) is 5.92 Å². The molecule has 1 aliphatic heterocycles. The van der Waals surface area contributed by atoms with Gasteiger partial charge < -0.3 is 10.1 Å². The minimum Gasteiger partial charge on any atom is -0.381 e. The van der Waals surface area contributed by atoms with Gasteiger partial charge in [0.05, 0.1) is 30.6 Å². The van der Waals surface area contributed by atoms with Gasteiger partial charge >= 0.3 is 0 Å². The van der Waals surface area contributed by atoms with Crippen LogP contribution >= 0.6 is 0 Å². The molecule has 1 N–H and O–H groups in total. The van der Waals surface area contributed by atoms with Gasteiger partial charge in [0.2, 0.25) is 5.95 Å². The highest BCUT2D eigenvalue weighted by atomic mass is 16.5. The van der Waals surface area contributed by atoms with Crippen LogP contribution in [0.1, 0.15) is 0 Å². The zero-order chi connectivity index (χ0) is 15.9. The fourth-order valence-corrected chi connectivity index (χ4v) is 2.79. The van der Waals surface area contributed by atoms with E-state index in [1.165, 1.54) is 0 Å². The summed E-state index contributed by atoms with van der Waals surface area (Å²) in [4.78, 5) is 8.63. The molecule has 1 aliphatic rings. The maximum Gasteiger partial charge on any atom is 0.241 e. The topological polar surface area (TPSA) is 81.6 Å². The van der Waals surface area contributed by atoms with Crippen molar-refractivity contribution >= 4 is 17.1 Å². The summed E-state index contributed by atoms with van der Waals surface area (Å²) in [5.74, 6) is 1.17. The lowest BCUT2D eigenvalue weighted by molar-refractivity contribution is -0.0249. The minimum absolute atomic E-state index is 0.552. The van der Waals surface area contributed by atoms with E-state index in [2.05, 4.69) is 25.5 Å². The van der Waals surface area contributed by atoms with Crippen LogP contribution in [0.15, 0.2) is 43.0 Å². The molecule has 0 spiro atoms.